The van der Waals surface area contributed by atoms with Crippen molar-refractivity contribution in [2.75, 3.05) is 32.8 Å². The third-order valence-electron chi connectivity index (χ3n) is 4.25. The number of benzene rings is 1. The predicted octanol–water partition coefficient (Wildman–Crippen LogP) is 1.39. The van der Waals surface area contributed by atoms with Gasteiger partial charge in [-0.3, -0.25) is 4.79 Å². The molecule has 0 aliphatic carbocycles. The molecule has 3 rings (SSSR count). The normalized spacial score (nSPS) is 17.9. The quantitative estimate of drug-likeness (QED) is 0.858. The number of carbonyl (C=O) groups excluding carboxylic acids is 1. The zero-order valence-corrected chi connectivity index (χ0v) is 13.6. The van der Waals surface area contributed by atoms with Gasteiger partial charge in [-0.2, -0.15) is 0 Å². The Bertz CT molecular complexity index is 520. The Morgan fingerprint density at radius 3 is 2.73 bits per heavy atom. The van der Waals surface area contributed by atoms with E-state index in [1.54, 1.807) is 0 Å². The first-order valence-electron chi connectivity index (χ1n) is 7.61. The fourth-order valence-corrected chi connectivity index (χ4v) is 2.61. The van der Waals surface area contributed by atoms with Gasteiger partial charge in [-0.1, -0.05) is 13.0 Å². The van der Waals surface area contributed by atoms with Gasteiger partial charge in [-0.15, -0.1) is 12.4 Å². The van der Waals surface area contributed by atoms with Crippen molar-refractivity contribution < 1.29 is 14.3 Å². The molecule has 2 aliphatic heterocycles. The van der Waals surface area contributed by atoms with E-state index in [2.05, 4.69) is 10.6 Å². The third-order valence-corrected chi connectivity index (χ3v) is 4.25. The number of amides is 1. The maximum atomic E-state index is 12.0. The summed E-state index contributed by atoms with van der Waals surface area (Å²) in [5, 5.41) is 6.22. The highest BCUT2D eigenvalue weighted by Crippen LogP contribution is 2.30. The number of ether oxygens (including phenoxy) is 2. The average Bonchev–Trinajstić information content (AvgIpc) is 2.45. The van der Waals surface area contributed by atoms with E-state index in [4.69, 9.17) is 9.47 Å². The minimum atomic E-state index is 0. The summed E-state index contributed by atoms with van der Waals surface area (Å²) >= 11 is 0. The van der Waals surface area contributed by atoms with Crippen LogP contribution in [-0.4, -0.2) is 38.8 Å². The lowest BCUT2D eigenvalue weighted by Crippen LogP contribution is -2.49. The maximum absolute atomic E-state index is 12.0. The van der Waals surface area contributed by atoms with Gasteiger partial charge in [0.15, 0.2) is 11.5 Å². The van der Waals surface area contributed by atoms with E-state index in [-0.39, 0.29) is 24.2 Å². The Balaban J connectivity index is 0.00000176. The summed E-state index contributed by atoms with van der Waals surface area (Å²) in [6.07, 6.45) is 0.804. The van der Waals surface area contributed by atoms with Crippen molar-refractivity contribution in [3.05, 3.63) is 23.8 Å². The highest BCUT2D eigenvalue weighted by atomic mass is 35.5. The summed E-state index contributed by atoms with van der Waals surface area (Å²) in [4.78, 5) is 12.0. The Morgan fingerprint density at radius 1 is 1.32 bits per heavy atom. The molecule has 0 spiro atoms. The first-order chi connectivity index (χ1) is 10.2. The lowest BCUT2D eigenvalue weighted by molar-refractivity contribution is -0.126. The number of hydrogen-bond donors (Lipinski definition) is 2. The summed E-state index contributed by atoms with van der Waals surface area (Å²) in [6, 6.07) is 5.97. The zero-order chi connectivity index (χ0) is 14.7. The van der Waals surface area contributed by atoms with Crippen LogP contribution >= 0.6 is 12.4 Å². The van der Waals surface area contributed by atoms with Crippen molar-refractivity contribution in [2.24, 2.45) is 11.8 Å². The number of halogens is 1. The standard InChI is InChI=1S/C16H22N2O3.ClH/c1-11(13-9-17-10-13)16(19)18-5-4-12-2-3-14-15(8-12)21-7-6-20-14;/h2-3,8,11,13,17H,4-7,9-10H2,1H3,(H,18,19);1H. The largest absolute Gasteiger partial charge is 0.486 e. The Hall–Kier alpha value is -1.46. The molecular formula is C16H23ClN2O3. The molecule has 1 unspecified atom stereocenters. The monoisotopic (exact) mass is 326 g/mol. The summed E-state index contributed by atoms with van der Waals surface area (Å²) in [6.45, 7) is 5.78. The molecule has 1 aromatic rings. The highest BCUT2D eigenvalue weighted by molar-refractivity contribution is 5.85. The molecule has 1 amide bonds. The molecule has 122 valence electrons. The zero-order valence-electron chi connectivity index (χ0n) is 12.8. The number of carbonyl (C=O) groups is 1. The molecule has 2 N–H and O–H groups in total. The van der Waals surface area contributed by atoms with Gasteiger partial charge in [-0.05, 0) is 43.1 Å². The molecule has 5 nitrogen and oxygen atoms in total. The molecule has 1 fully saturated rings. The predicted molar refractivity (Wildman–Crippen MR) is 86.9 cm³/mol. The fourth-order valence-electron chi connectivity index (χ4n) is 2.61. The second kappa shape index (κ2) is 7.70. The first-order valence-corrected chi connectivity index (χ1v) is 7.61. The van der Waals surface area contributed by atoms with Gasteiger partial charge in [0, 0.05) is 12.5 Å². The minimum absolute atomic E-state index is 0. The van der Waals surface area contributed by atoms with Gasteiger partial charge in [0.05, 0.1) is 0 Å². The van der Waals surface area contributed by atoms with Crippen LogP contribution in [0.3, 0.4) is 0 Å². The lowest BCUT2D eigenvalue weighted by atomic mass is 9.88. The van der Waals surface area contributed by atoms with Crippen molar-refractivity contribution in [3.8, 4) is 11.5 Å². The van der Waals surface area contributed by atoms with E-state index in [9.17, 15) is 4.79 Å². The van der Waals surface area contributed by atoms with Crippen molar-refractivity contribution in [3.63, 3.8) is 0 Å². The highest BCUT2D eigenvalue weighted by Gasteiger charge is 2.28. The van der Waals surface area contributed by atoms with Crippen LogP contribution < -0.4 is 20.1 Å². The molecule has 2 heterocycles. The second-order valence-electron chi connectivity index (χ2n) is 5.73. The molecule has 0 saturated carbocycles. The Morgan fingerprint density at radius 2 is 2.05 bits per heavy atom. The molecule has 1 saturated heterocycles. The molecule has 0 bridgehead atoms. The fraction of sp³-hybridized carbons (Fsp3) is 0.562. The van der Waals surface area contributed by atoms with Gasteiger partial charge in [0.2, 0.25) is 5.91 Å². The molecule has 1 atom stereocenters. The molecular weight excluding hydrogens is 304 g/mol. The lowest BCUT2D eigenvalue weighted by Gasteiger charge is -2.31. The van der Waals surface area contributed by atoms with E-state index in [1.807, 2.05) is 25.1 Å². The summed E-state index contributed by atoms with van der Waals surface area (Å²) in [7, 11) is 0. The Labute approximate surface area is 137 Å². The van der Waals surface area contributed by atoms with Gasteiger partial charge < -0.3 is 20.1 Å². The van der Waals surface area contributed by atoms with Crippen LogP contribution in [0.2, 0.25) is 0 Å². The van der Waals surface area contributed by atoms with Crippen LogP contribution in [0.25, 0.3) is 0 Å². The van der Waals surface area contributed by atoms with E-state index in [1.165, 1.54) is 0 Å². The van der Waals surface area contributed by atoms with E-state index >= 15 is 0 Å². The van der Waals surface area contributed by atoms with Crippen molar-refractivity contribution in [1.82, 2.24) is 10.6 Å². The van der Waals surface area contributed by atoms with Crippen LogP contribution in [0, 0.1) is 11.8 Å². The molecule has 6 heteroatoms. The second-order valence-corrected chi connectivity index (χ2v) is 5.73. The average molecular weight is 327 g/mol. The first kappa shape index (κ1) is 16.9. The molecule has 22 heavy (non-hydrogen) atoms. The van der Waals surface area contributed by atoms with Crippen molar-refractivity contribution >= 4 is 18.3 Å². The van der Waals surface area contributed by atoms with Crippen LogP contribution in [0.1, 0.15) is 12.5 Å². The van der Waals surface area contributed by atoms with Crippen LogP contribution in [0.5, 0.6) is 11.5 Å². The van der Waals surface area contributed by atoms with Crippen LogP contribution in [0.4, 0.5) is 0 Å². The topological polar surface area (TPSA) is 59.6 Å². The number of fused-ring (bicyclic) bond motifs is 1. The number of hydrogen-bond acceptors (Lipinski definition) is 4. The summed E-state index contributed by atoms with van der Waals surface area (Å²) < 4.78 is 11.1. The van der Waals surface area contributed by atoms with E-state index in [0.29, 0.717) is 25.7 Å². The van der Waals surface area contributed by atoms with E-state index < -0.39 is 0 Å². The molecule has 2 aliphatic rings. The number of rotatable bonds is 5. The minimum Gasteiger partial charge on any atom is -0.486 e. The van der Waals surface area contributed by atoms with Gasteiger partial charge in [-0.25, -0.2) is 0 Å². The smallest absolute Gasteiger partial charge is 0.223 e. The maximum Gasteiger partial charge on any atom is 0.223 e. The third kappa shape index (κ3) is 3.84. The van der Waals surface area contributed by atoms with Gasteiger partial charge in [0.1, 0.15) is 13.2 Å². The van der Waals surface area contributed by atoms with Crippen molar-refractivity contribution in [1.29, 1.82) is 0 Å². The number of nitrogens with one attached hydrogen (secondary N) is 2. The van der Waals surface area contributed by atoms with E-state index in [0.717, 1.165) is 36.6 Å². The van der Waals surface area contributed by atoms with Gasteiger partial charge >= 0.3 is 0 Å². The Kier molecular flexibility index (Phi) is 5.91. The molecule has 0 radical (unpaired) electrons. The SMILES string of the molecule is CC(C(=O)NCCc1ccc2c(c1)OCCO2)C1CNC1.Cl. The molecule has 0 aromatic heterocycles. The summed E-state index contributed by atoms with van der Waals surface area (Å²) in [5.41, 5.74) is 1.15. The molecule has 1 aromatic carbocycles. The van der Waals surface area contributed by atoms with Crippen LogP contribution in [-0.2, 0) is 11.2 Å². The van der Waals surface area contributed by atoms with Crippen molar-refractivity contribution in [2.45, 2.75) is 13.3 Å². The van der Waals surface area contributed by atoms with Crippen LogP contribution in [0.15, 0.2) is 18.2 Å². The van der Waals surface area contributed by atoms with Gasteiger partial charge in [0.25, 0.3) is 0 Å². The summed E-state index contributed by atoms with van der Waals surface area (Å²) in [5.74, 6) is 2.34.